The number of para-hydroxylation sites is 1. The summed E-state index contributed by atoms with van der Waals surface area (Å²) in [5.74, 6) is 0.661. The van der Waals surface area contributed by atoms with E-state index >= 15 is 0 Å². The first kappa shape index (κ1) is 17.7. The number of nitrogens with one attached hydrogen (secondary N) is 2. The molecule has 0 fully saturated rings. The lowest BCUT2D eigenvalue weighted by Crippen LogP contribution is -2.28. The minimum atomic E-state index is 0.0827. The number of rotatable bonds is 7. The second kappa shape index (κ2) is 7.87. The zero-order valence-electron chi connectivity index (χ0n) is 15.1. The maximum atomic E-state index is 12.5. The molecule has 1 amide bonds. The van der Waals surface area contributed by atoms with Gasteiger partial charge in [0, 0.05) is 36.0 Å². The van der Waals surface area contributed by atoms with E-state index in [1.807, 2.05) is 0 Å². The van der Waals surface area contributed by atoms with Crippen LogP contribution < -0.4 is 5.32 Å². The third-order valence-corrected chi connectivity index (χ3v) is 5.33. The fourth-order valence-electron chi connectivity index (χ4n) is 3.28. The van der Waals surface area contributed by atoms with Gasteiger partial charge >= 0.3 is 0 Å². The SMILES string of the molecule is CCc1cccc2c(C(CC(=O)NCC(C)C)c3ccsc3)c[nH]c12. The van der Waals surface area contributed by atoms with Gasteiger partial charge in [-0.3, -0.25) is 4.79 Å². The molecule has 1 aromatic carbocycles. The van der Waals surface area contributed by atoms with Crippen LogP contribution in [0.4, 0.5) is 0 Å². The smallest absolute Gasteiger partial charge is 0.220 e. The topological polar surface area (TPSA) is 44.9 Å². The number of H-pyrrole nitrogens is 1. The third kappa shape index (κ3) is 3.96. The lowest BCUT2D eigenvalue weighted by atomic mass is 9.89. The van der Waals surface area contributed by atoms with E-state index in [0.29, 0.717) is 12.3 Å². The number of aromatic nitrogens is 1. The molecular weight excluding hydrogens is 328 g/mol. The van der Waals surface area contributed by atoms with Gasteiger partial charge in [0.2, 0.25) is 5.91 Å². The number of hydrogen-bond donors (Lipinski definition) is 2. The average Bonchev–Trinajstić information content (AvgIpc) is 3.27. The van der Waals surface area contributed by atoms with Crippen molar-refractivity contribution in [3.8, 4) is 0 Å². The van der Waals surface area contributed by atoms with E-state index in [9.17, 15) is 4.79 Å². The molecule has 0 spiro atoms. The third-order valence-electron chi connectivity index (χ3n) is 4.63. The molecule has 4 heteroatoms. The van der Waals surface area contributed by atoms with Crippen LogP contribution in [0.2, 0.25) is 0 Å². The maximum Gasteiger partial charge on any atom is 0.220 e. The van der Waals surface area contributed by atoms with Gasteiger partial charge in [-0.2, -0.15) is 11.3 Å². The van der Waals surface area contributed by atoms with Crippen LogP contribution in [0.5, 0.6) is 0 Å². The van der Waals surface area contributed by atoms with Gasteiger partial charge in [-0.1, -0.05) is 39.0 Å². The van der Waals surface area contributed by atoms with E-state index in [1.54, 1.807) is 11.3 Å². The summed E-state index contributed by atoms with van der Waals surface area (Å²) in [6.45, 7) is 7.12. The number of fused-ring (bicyclic) bond motifs is 1. The number of aromatic amines is 1. The van der Waals surface area contributed by atoms with Crippen LogP contribution in [-0.2, 0) is 11.2 Å². The highest BCUT2D eigenvalue weighted by atomic mass is 32.1. The monoisotopic (exact) mass is 354 g/mol. The molecule has 3 aromatic rings. The van der Waals surface area contributed by atoms with Crippen LogP contribution >= 0.6 is 11.3 Å². The van der Waals surface area contributed by atoms with Crippen LogP contribution in [0.15, 0.2) is 41.2 Å². The molecule has 1 atom stereocenters. The predicted octanol–water partition coefficient (Wildman–Crippen LogP) is 5.09. The quantitative estimate of drug-likeness (QED) is 0.610. The van der Waals surface area contributed by atoms with Crippen molar-refractivity contribution in [2.75, 3.05) is 6.54 Å². The van der Waals surface area contributed by atoms with Crippen molar-refractivity contribution in [3.63, 3.8) is 0 Å². The largest absolute Gasteiger partial charge is 0.361 e. The molecule has 25 heavy (non-hydrogen) atoms. The van der Waals surface area contributed by atoms with E-state index in [2.05, 4.69) is 72.3 Å². The lowest BCUT2D eigenvalue weighted by molar-refractivity contribution is -0.121. The molecule has 3 nitrogen and oxygen atoms in total. The summed E-state index contributed by atoms with van der Waals surface area (Å²) in [6.07, 6.45) is 3.56. The Morgan fingerprint density at radius 1 is 1.28 bits per heavy atom. The molecule has 0 saturated carbocycles. The Labute approximate surface area is 153 Å². The van der Waals surface area contributed by atoms with Gasteiger partial charge in [0.1, 0.15) is 0 Å². The van der Waals surface area contributed by atoms with Crippen molar-refractivity contribution in [1.29, 1.82) is 0 Å². The number of carbonyl (C=O) groups is 1. The van der Waals surface area contributed by atoms with Gasteiger partial charge in [0.25, 0.3) is 0 Å². The van der Waals surface area contributed by atoms with Crippen molar-refractivity contribution >= 4 is 28.1 Å². The normalized spacial score (nSPS) is 12.6. The van der Waals surface area contributed by atoms with Gasteiger partial charge in [0.05, 0.1) is 0 Å². The Kier molecular flexibility index (Phi) is 5.59. The Morgan fingerprint density at radius 3 is 2.80 bits per heavy atom. The highest BCUT2D eigenvalue weighted by Gasteiger charge is 2.22. The van der Waals surface area contributed by atoms with Crippen molar-refractivity contribution in [1.82, 2.24) is 10.3 Å². The lowest BCUT2D eigenvalue weighted by Gasteiger charge is -2.16. The van der Waals surface area contributed by atoms with Gasteiger partial charge < -0.3 is 10.3 Å². The fraction of sp³-hybridized carbons (Fsp3) is 0.381. The van der Waals surface area contributed by atoms with Crippen LogP contribution in [-0.4, -0.2) is 17.4 Å². The summed E-state index contributed by atoms with van der Waals surface area (Å²) in [5.41, 5.74) is 4.94. The molecule has 2 heterocycles. The standard InChI is InChI=1S/C21H26N2OS/c1-4-15-6-5-7-17-19(12-23-21(15)17)18(16-8-9-25-13-16)10-20(24)22-11-14(2)3/h5-9,12-14,18,23H,4,10-11H2,1-3H3,(H,22,24). The maximum absolute atomic E-state index is 12.5. The molecular formula is C21H26N2OS. The molecule has 2 N–H and O–H groups in total. The molecule has 2 aromatic heterocycles. The van der Waals surface area contributed by atoms with Gasteiger partial charge in [-0.05, 0) is 45.9 Å². The zero-order chi connectivity index (χ0) is 17.8. The van der Waals surface area contributed by atoms with Gasteiger partial charge in [0.15, 0.2) is 0 Å². The number of aryl methyl sites for hydroxylation is 1. The fourth-order valence-corrected chi connectivity index (χ4v) is 3.99. The molecule has 0 bridgehead atoms. The predicted molar refractivity (Wildman–Crippen MR) is 106 cm³/mol. The van der Waals surface area contributed by atoms with Crippen molar-refractivity contribution in [2.24, 2.45) is 5.92 Å². The second-order valence-electron chi connectivity index (χ2n) is 6.95. The summed E-state index contributed by atoms with van der Waals surface area (Å²) in [7, 11) is 0. The van der Waals surface area contributed by atoms with Crippen LogP contribution in [0.25, 0.3) is 10.9 Å². The van der Waals surface area contributed by atoms with E-state index in [1.165, 1.54) is 27.6 Å². The summed E-state index contributed by atoms with van der Waals surface area (Å²) in [5, 5.41) is 8.53. The zero-order valence-corrected chi connectivity index (χ0v) is 16.0. The minimum absolute atomic E-state index is 0.0827. The number of thiophene rings is 1. The van der Waals surface area contributed by atoms with Crippen molar-refractivity contribution in [2.45, 2.75) is 39.5 Å². The highest BCUT2D eigenvalue weighted by Crippen LogP contribution is 2.35. The molecule has 0 aliphatic carbocycles. The molecule has 1 unspecified atom stereocenters. The second-order valence-corrected chi connectivity index (χ2v) is 7.73. The highest BCUT2D eigenvalue weighted by molar-refractivity contribution is 7.08. The average molecular weight is 355 g/mol. The van der Waals surface area contributed by atoms with E-state index in [0.717, 1.165) is 13.0 Å². The number of hydrogen-bond acceptors (Lipinski definition) is 2. The number of carbonyl (C=O) groups excluding carboxylic acids is 1. The molecule has 132 valence electrons. The Bertz CT molecular complexity index is 833. The molecule has 0 aliphatic rings. The first-order valence-electron chi connectivity index (χ1n) is 8.97. The summed E-state index contributed by atoms with van der Waals surface area (Å²) >= 11 is 1.68. The summed E-state index contributed by atoms with van der Waals surface area (Å²) in [4.78, 5) is 15.9. The number of benzene rings is 1. The summed E-state index contributed by atoms with van der Waals surface area (Å²) < 4.78 is 0. The van der Waals surface area contributed by atoms with Gasteiger partial charge in [-0.15, -0.1) is 0 Å². The van der Waals surface area contributed by atoms with Gasteiger partial charge in [-0.25, -0.2) is 0 Å². The Morgan fingerprint density at radius 2 is 2.12 bits per heavy atom. The van der Waals surface area contributed by atoms with Crippen LogP contribution in [0, 0.1) is 5.92 Å². The van der Waals surface area contributed by atoms with Crippen LogP contribution in [0.1, 0.15) is 49.8 Å². The summed E-state index contributed by atoms with van der Waals surface area (Å²) in [6, 6.07) is 8.57. The van der Waals surface area contributed by atoms with Crippen molar-refractivity contribution < 1.29 is 4.79 Å². The minimum Gasteiger partial charge on any atom is -0.361 e. The first-order valence-corrected chi connectivity index (χ1v) is 9.92. The van der Waals surface area contributed by atoms with Crippen molar-refractivity contribution in [3.05, 3.63) is 57.9 Å². The molecule has 0 aliphatic heterocycles. The Hall–Kier alpha value is -2.07. The molecule has 0 radical (unpaired) electrons. The van der Waals surface area contributed by atoms with Crippen LogP contribution in [0.3, 0.4) is 0 Å². The first-order chi connectivity index (χ1) is 12.1. The Balaban J connectivity index is 1.94. The van der Waals surface area contributed by atoms with E-state index in [4.69, 9.17) is 0 Å². The molecule has 0 saturated heterocycles. The van der Waals surface area contributed by atoms with E-state index < -0.39 is 0 Å². The molecule has 3 rings (SSSR count). The van der Waals surface area contributed by atoms with E-state index in [-0.39, 0.29) is 11.8 Å². The number of amides is 1.